The molecule has 70 valence electrons. The molecule has 1 heterocycles. The molecule has 0 aromatic heterocycles. The normalized spacial score (nSPS) is 17.4. The first-order chi connectivity index (χ1) is 5.45. The number of amides is 1. The van der Waals surface area contributed by atoms with Crippen LogP contribution in [0.5, 0.6) is 0 Å². The quantitative estimate of drug-likeness (QED) is 0.493. The second-order valence-corrected chi connectivity index (χ2v) is 2.76. The summed E-state index contributed by atoms with van der Waals surface area (Å²) in [5.74, 6) is -1.32. The third kappa shape index (κ3) is 3.43. The molecule has 1 saturated heterocycles. The zero-order chi connectivity index (χ0) is 9.35. The molecule has 1 aliphatic rings. The number of hydrogen-bond donors (Lipinski definition) is 0. The molecular weight excluding hydrogens is 213 g/mol. The van der Waals surface area contributed by atoms with Crippen LogP contribution < -0.4 is 51.4 Å². The van der Waals surface area contributed by atoms with Crippen molar-refractivity contribution < 1.29 is 73.9 Å². The minimum absolute atomic E-state index is 0. The van der Waals surface area contributed by atoms with Gasteiger partial charge in [0.1, 0.15) is 0 Å². The predicted molar refractivity (Wildman–Crippen MR) is 36.8 cm³/mol. The summed E-state index contributed by atoms with van der Waals surface area (Å²) in [4.78, 5) is 11.6. The third-order valence-corrected chi connectivity index (χ3v) is 1.88. The van der Waals surface area contributed by atoms with Crippen molar-refractivity contribution in [3.63, 3.8) is 0 Å². The number of likely N-dealkylation sites (tertiary alicyclic amines) is 1. The smallest absolute Gasteiger partial charge is 0.453 e. The number of carbonyl (C=O) groups excluding carboxylic acids is 1. The van der Waals surface area contributed by atoms with Gasteiger partial charge in [-0.2, -0.15) is 0 Å². The SMILES string of the molecule is COC(=O)N1CC([B-](F)(F)F)C1.[K+]. The van der Waals surface area contributed by atoms with E-state index in [1.165, 1.54) is 0 Å². The van der Waals surface area contributed by atoms with E-state index in [0.29, 0.717) is 0 Å². The Kier molecular flexibility index (Phi) is 5.31. The molecule has 0 radical (unpaired) electrons. The number of rotatable bonds is 1. The molecule has 1 rings (SSSR count). The summed E-state index contributed by atoms with van der Waals surface area (Å²) in [6.07, 6.45) is -0.689. The molecule has 0 unspecified atom stereocenters. The zero-order valence-corrected chi connectivity index (χ0v) is 10.6. The summed E-state index contributed by atoms with van der Waals surface area (Å²) >= 11 is 0. The zero-order valence-electron chi connectivity index (χ0n) is 7.47. The summed E-state index contributed by atoms with van der Waals surface area (Å²) in [7, 11) is 1.15. The maximum absolute atomic E-state index is 11.9. The summed E-state index contributed by atoms with van der Waals surface area (Å²) in [5.41, 5.74) is 0. The molecule has 0 atom stereocenters. The van der Waals surface area contributed by atoms with E-state index in [-0.39, 0.29) is 64.5 Å². The summed E-state index contributed by atoms with van der Waals surface area (Å²) in [6.45, 7) is -5.30. The van der Waals surface area contributed by atoms with Crippen molar-refractivity contribution in [2.75, 3.05) is 20.2 Å². The Morgan fingerprint density at radius 3 is 2.23 bits per heavy atom. The van der Waals surface area contributed by atoms with Gasteiger partial charge >= 0.3 is 64.5 Å². The van der Waals surface area contributed by atoms with E-state index >= 15 is 0 Å². The van der Waals surface area contributed by atoms with E-state index in [4.69, 9.17) is 0 Å². The number of hydrogen-bond acceptors (Lipinski definition) is 2. The van der Waals surface area contributed by atoms with Crippen LogP contribution in [-0.4, -0.2) is 38.2 Å². The first kappa shape index (κ1) is 13.8. The number of carbonyl (C=O) groups is 1. The van der Waals surface area contributed by atoms with E-state index in [9.17, 15) is 17.7 Å². The second kappa shape index (κ2) is 5.02. The topological polar surface area (TPSA) is 29.5 Å². The summed E-state index contributed by atoms with van der Waals surface area (Å²) < 4.78 is 40.0. The van der Waals surface area contributed by atoms with Gasteiger partial charge in [-0.3, -0.25) is 0 Å². The molecule has 1 amide bonds. The van der Waals surface area contributed by atoms with Gasteiger partial charge in [0.05, 0.1) is 7.11 Å². The Balaban J connectivity index is 0.00000144. The Hall–Kier alpha value is 0.761. The monoisotopic (exact) mass is 221 g/mol. The van der Waals surface area contributed by atoms with Crippen LogP contribution >= 0.6 is 0 Å². The van der Waals surface area contributed by atoms with Gasteiger partial charge in [-0.05, 0) is 5.82 Å². The number of nitrogens with zero attached hydrogens (tertiary/aromatic N) is 1. The molecule has 0 saturated carbocycles. The average molecular weight is 221 g/mol. The molecule has 8 heteroatoms. The Morgan fingerprint density at radius 1 is 1.46 bits per heavy atom. The van der Waals surface area contributed by atoms with Crippen LogP contribution in [0.2, 0.25) is 5.82 Å². The Morgan fingerprint density at radius 2 is 1.92 bits per heavy atom. The van der Waals surface area contributed by atoms with Crippen molar-refractivity contribution in [2.24, 2.45) is 0 Å². The molecule has 0 aliphatic carbocycles. The van der Waals surface area contributed by atoms with Gasteiger partial charge in [-0.15, -0.1) is 0 Å². The van der Waals surface area contributed by atoms with E-state index < -0.39 is 18.9 Å². The molecule has 1 aliphatic heterocycles. The molecule has 0 N–H and O–H groups in total. The predicted octanol–water partition coefficient (Wildman–Crippen LogP) is -1.71. The first-order valence-electron chi connectivity index (χ1n) is 3.48. The van der Waals surface area contributed by atoms with E-state index in [0.717, 1.165) is 12.0 Å². The van der Waals surface area contributed by atoms with Crippen LogP contribution in [0.3, 0.4) is 0 Å². The molecule has 3 nitrogen and oxygen atoms in total. The van der Waals surface area contributed by atoms with Gasteiger partial charge in [-0.25, -0.2) is 4.79 Å². The van der Waals surface area contributed by atoms with Crippen molar-refractivity contribution >= 4 is 13.1 Å². The van der Waals surface area contributed by atoms with Gasteiger partial charge in [0.25, 0.3) is 0 Å². The molecule has 0 spiro atoms. The van der Waals surface area contributed by atoms with Crippen molar-refractivity contribution in [3.05, 3.63) is 0 Å². The molecule has 13 heavy (non-hydrogen) atoms. The molecular formula is C5H8BF3KNO2. The largest absolute Gasteiger partial charge is 1.00 e. The van der Waals surface area contributed by atoms with E-state index in [1.807, 2.05) is 0 Å². The van der Waals surface area contributed by atoms with Crippen LogP contribution in [0.4, 0.5) is 17.7 Å². The Bertz CT molecular complexity index is 195. The third-order valence-electron chi connectivity index (χ3n) is 1.88. The van der Waals surface area contributed by atoms with Crippen molar-refractivity contribution in [3.8, 4) is 0 Å². The summed E-state index contributed by atoms with van der Waals surface area (Å²) in [6, 6.07) is 0. The maximum Gasteiger partial charge on any atom is 1.00 e. The van der Waals surface area contributed by atoms with Crippen molar-refractivity contribution in [1.82, 2.24) is 4.90 Å². The van der Waals surface area contributed by atoms with Crippen LogP contribution in [0.1, 0.15) is 0 Å². The number of methoxy groups -OCH3 is 1. The first-order valence-corrected chi connectivity index (χ1v) is 3.48. The fraction of sp³-hybridized carbons (Fsp3) is 0.800. The fourth-order valence-corrected chi connectivity index (χ4v) is 1.03. The van der Waals surface area contributed by atoms with Crippen LogP contribution in [0, 0.1) is 0 Å². The minimum Gasteiger partial charge on any atom is -0.453 e. The van der Waals surface area contributed by atoms with Gasteiger partial charge in [-0.1, -0.05) is 0 Å². The number of ether oxygens (including phenoxy) is 1. The van der Waals surface area contributed by atoms with Crippen LogP contribution in [-0.2, 0) is 4.74 Å². The standard InChI is InChI=1S/C5H8BF3NO2.K/c1-12-5(11)10-2-4(3-10)6(7,8)9;/h4H,2-3H2,1H3;/q-1;+1. The van der Waals surface area contributed by atoms with Crippen LogP contribution in [0.15, 0.2) is 0 Å². The minimum atomic E-state index is -4.79. The maximum atomic E-state index is 11.9. The second-order valence-electron chi connectivity index (χ2n) is 2.76. The Labute approximate surface area is 116 Å². The van der Waals surface area contributed by atoms with Gasteiger partial charge in [0.15, 0.2) is 0 Å². The van der Waals surface area contributed by atoms with Crippen molar-refractivity contribution in [1.29, 1.82) is 0 Å². The summed E-state index contributed by atoms with van der Waals surface area (Å²) in [5, 5.41) is 0. The van der Waals surface area contributed by atoms with E-state index in [2.05, 4.69) is 4.74 Å². The van der Waals surface area contributed by atoms with Gasteiger partial charge < -0.3 is 22.6 Å². The average Bonchev–Trinajstić information content (AvgIpc) is 1.80. The van der Waals surface area contributed by atoms with Crippen LogP contribution in [0.25, 0.3) is 0 Å². The molecule has 0 bridgehead atoms. The van der Waals surface area contributed by atoms with E-state index in [1.54, 1.807) is 0 Å². The van der Waals surface area contributed by atoms with Crippen molar-refractivity contribution in [2.45, 2.75) is 5.82 Å². The fourth-order valence-electron chi connectivity index (χ4n) is 1.03. The van der Waals surface area contributed by atoms with Gasteiger partial charge in [0, 0.05) is 13.1 Å². The molecule has 0 aromatic rings. The number of halogens is 3. The molecule has 1 fully saturated rings. The van der Waals surface area contributed by atoms with Gasteiger partial charge in [0.2, 0.25) is 0 Å². The molecule has 0 aromatic carbocycles.